The van der Waals surface area contributed by atoms with Gasteiger partial charge in [0.05, 0.1) is 5.41 Å². The zero-order valence-corrected chi connectivity index (χ0v) is 11.2. The molecule has 0 aromatic heterocycles. The molecule has 96 valence electrons. The fourth-order valence-electron chi connectivity index (χ4n) is 1.49. The minimum atomic E-state index is -0.378. The fraction of sp³-hybridized carbons (Fsp3) is 0.923. The first-order chi connectivity index (χ1) is 7.44. The van der Waals surface area contributed by atoms with E-state index in [2.05, 4.69) is 6.92 Å². The van der Waals surface area contributed by atoms with Crippen LogP contribution in [0.4, 0.5) is 0 Å². The van der Waals surface area contributed by atoms with Gasteiger partial charge in [0.15, 0.2) is 0 Å². The Kier molecular flexibility index (Phi) is 7.39. The lowest BCUT2D eigenvalue weighted by Crippen LogP contribution is -2.32. The SMILES string of the molecule is CCCCCCC(C)(C)C(=O)OC(C)CN. The average Bonchev–Trinajstić information content (AvgIpc) is 2.24. The molecule has 0 aromatic rings. The first-order valence-electron chi connectivity index (χ1n) is 6.35. The highest BCUT2D eigenvalue weighted by Crippen LogP contribution is 2.26. The highest BCUT2D eigenvalue weighted by Gasteiger charge is 2.29. The van der Waals surface area contributed by atoms with E-state index in [1.165, 1.54) is 19.3 Å². The third-order valence-electron chi connectivity index (χ3n) is 2.85. The molecule has 0 radical (unpaired) electrons. The van der Waals surface area contributed by atoms with Crippen molar-refractivity contribution < 1.29 is 9.53 Å². The third-order valence-corrected chi connectivity index (χ3v) is 2.85. The van der Waals surface area contributed by atoms with Crippen molar-refractivity contribution >= 4 is 5.97 Å². The number of carbonyl (C=O) groups excluding carboxylic acids is 1. The summed E-state index contributed by atoms with van der Waals surface area (Å²) < 4.78 is 5.26. The van der Waals surface area contributed by atoms with Crippen LogP contribution >= 0.6 is 0 Å². The van der Waals surface area contributed by atoms with Gasteiger partial charge in [-0.15, -0.1) is 0 Å². The maximum atomic E-state index is 11.8. The monoisotopic (exact) mass is 229 g/mol. The number of esters is 1. The molecular formula is C13H27NO2. The Morgan fingerprint density at radius 3 is 2.44 bits per heavy atom. The summed E-state index contributed by atoms with van der Waals surface area (Å²) in [4.78, 5) is 11.8. The van der Waals surface area contributed by atoms with E-state index in [-0.39, 0.29) is 17.5 Å². The minimum absolute atomic E-state index is 0.123. The van der Waals surface area contributed by atoms with Crippen LogP contribution in [-0.4, -0.2) is 18.6 Å². The number of ether oxygens (including phenoxy) is 1. The Balaban J connectivity index is 3.95. The maximum Gasteiger partial charge on any atom is 0.311 e. The van der Waals surface area contributed by atoms with Gasteiger partial charge in [0, 0.05) is 6.54 Å². The Bertz CT molecular complexity index is 202. The third kappa shape index (κ3) is 6.11. The van der Waals surface area contributed by atoms with Crippen LogP contribution in [-0.2, 0) is 9.53 Å². The van der Waals surface area contributed by atoms with Crippen molar-refractivity contribution in [3.63, 3.8) is 0 Å². The van der Waals surface area contributed by atoms with Gasteiger partial charge in [0.25, 0.3) is 0 Å². The van der Waals surface area contributed by atoms with Gasteiger partial charge in [-0.1, -0.05) is 32.6 Å². The topological polar surface area (TPSA) is 52.3 Å². The van der Waals surface area contributed by atoms with Gasteiger partial charge in [-0.05, 0) is 27.2 Å². The molecule has 2 N–H and O–H groups in total. The van der Waals surface area contributed by atoms with Crippen molar-refractivity contribution in [1.82, 2.24) is 0 Å². The van der Waals surface area contributed by atoms with E-state index < -0.39 is 0 Å². The molecule has 0 rings (SSSR count). The van der Waals surface area contributed by atoms with Crippen LogP contribution in [0.1, 0.15) is 59.8 Å². The molecule has 3 heteroatoms. The van der Waals surface area contributed by atoms with Gasteiger partial charge < -0.3 is 10.5 Å². The van der Waals surface area contributed by atoms with Crippen molar-refractivity contribution in [2.24, 2.45) is 11.1 Å². The molecule has 0 heterocycles. The van der Waals surface area contributed by atoms with Crippen LogP contribution in [0.2, 0.25) is 0 Å². The van der Waals surface area contributed by atoms with E-state index in [0.29, 0.717) is 6.54 Å². The molecule has 0 bridgehead atoms. The van der Waals surface area contributed by atoms with E-state index in [4.69, 9.17) is 10.5 Å². The first-order valence-corrected chi connectivity index (χ1v) is 6.35. The van der Waals surface area contributed by atoms with Gasteiger partial charge in [-0.25, -0.2) is 0 Å². The summed E-state index contributed by atoms with van der Waals surface area (Å²) in [6.07, 6.45) is 5.46. The second kappa shape index (κ2) is 7.66. The summed E-state index contributed by atoms with van der Waals surface area (Å²) >= 11 is 0. The number of unbranched alkanes of at least 4 members (excludes halogenated alkanes) is 3. The summed E-state index contributed by atoms with van der Waals surface area (Å²) in [5.74, 6) is -0.123. The minimum Gasteiger partial charge on any atom is -0.461 e. The van der Waals surface area contributed by atoms with Crippen molar-refractivity contribution in [2.75, 3.05) is 6.54 Å². The molecule has 0 saturated heterocycles. The van der Waals surface area contributed by atoms with Gasteiger partial charge in [0.1, 0.15) is 6.10 Å². The van der Waals surface area contributed by atoms with Gasteiger partial charge in [0.2, 0.25) is 0 Å². The molecule has 16 heavy (non-hydrogen) atoms. The van der Waals surface area contributed by atoms with E-state index in [1.807, 2.05) is 20.8 Å². The molecule has 0 aliphatic rings. The largest absolute Gasteiger partial charge is 0.461 e. The lowest BCUT2D eigenvalue weighted by Gasteiger charge is -2.24. The van der Waals surface area contributed by atoms with Crippen LogP contribution in [0.15, 0.2) is 0 Å². The lowest BCUT2D eigenvalue weighted by molar-refractivity contribution is -0.158. The summed E-state index contributed by atoms with van der Waals surface area (Å²) in [6.45, 7) is 8.29. The van der Waals surface area contributed by atoms with Crippen LogP contribution in [0, 0.1) is 5.41 Å². The first kappa shape index (κ1) is 15.4. The Morgan fingerprint density at radius 1 is 1.31 bits per heavy atom. The average molecular weight is 229 g/mol. The Hall–Kier alpha value is -0.570. The molecule has 0 aliphatic heterocycles. The molecule has 0 spiro atoms. The smallest absolute Gasteiger partial charge is 0.311 e. The molecule has 0 saturated carbocycles. The van der Waals surface area contributed by atoms with Crippen molar-refractivity contribution in [3.05, 3.63) is 0 Å². The van der Waals surface area contributed by atoms with E-state index >= 15 is 0 Å². The molecule has 1 atom stereocenters. The Morgan fingerprint density at radius 2 is 1.94 bits per heavy atom. The zero-order chi connectivity index (χ0) is 12.6. The number of rotatable bonds is 8. The number of carbonyl (C=O) groups is 1. The normalized spacial score (nSPS) is 13.6. The van der Waals surface area contributed by atoms with Gasteiger partial charge in [-0.3, -0.25) is 4.79 Å². The number of nitrogens with two attached hydrogens (primary N) is 1. The fourth-order valence-corrected chi connectivity index (χ4v) is 1.49. The number of hydrogen-bond donors (Lipinski definition) is 1. The maximum absolute atomic E-state index is 11.8. The van der Waals surface area contributed by atoms with Crippen molar-refractivity contribution in [3.8, 4) is 0 Å². The highest BCUT2D eigenvalue weighted by molar-refractivity contribution is 5.76. The summed E-state index contributed by atoms with van der Waals surface area (Å²) in [6, 6.07) is 0. The van der Waals surface area contributed by atoms with Gasteiger partial charge in [-0.2, -0.15) is 0 Å². The van der Waals surface area contributed by atoms with Crippen LogP contribution in [0.3, 0.4) is 0 Å². The van der Waals surface area contributed by atoms with Crippen LogP contribution in [0.5, 0.6) is 0 Å². The molecule has 0 fully saturated rings. The molecule has 0 aliphatic carbocycles. The summed E-state index contributed by atoms with van der Waals surface area (Å²) in [5, 5.41) is 0. The quantitative estimate of drug-likeness (QED) is 0.514. The summed E-state index contributed by atoms with van der Waals surface area (Å²) in [7, 11) is 0. The van der Waals surface area contributed by atoms with Crippen LogP contribution in [0.25, 0.3) is 0 Å². The molecule has 3 nitrogen and oxygen atoms in total. The summed E-state index contributed by atoms with van der Waals surface area (Å²) in [5.41, 5.74) is 5.05. The standard InChI is InChI=1S/C13H27NO2/c1-5-6-7-8-9-13(3,4)12(15)16-11(2)10-14/h11H,5-10,14H2,1-4H3. The predicted molar refractivity (Wildman–Crippen MR) is 67.1 cm³/mol. The van der Waals surface area contributed by atoms with E-state index in [0.717, 1.165) is 12.8 Å². The van der Waals surface area contributed by atoms with Crippen molar-refractivity contribution in [1.29, 1.82) is 0 Å². The molecule has 0 aromatic carbocycles. The molecular weight excluding hydrogens is 202 g/mol. The van der Waals surface area contributed by atoms with Crippen LogP contribution < -0.4 is 5.73 Å². The predicted octanol–water partition coefficient (Wildman–Crippen LogP) is 2.87. The van der Waals surface area contributed by atoms with Gasteiger partial charge >= 0.3 is 5.97 Å². The lowest BCUT2D eigenvalue weighted by atomic mass is 9.87. The second-order valence-corrected chi connectivity index (χ2v) is 5.15. The van der Waals surface area contributed by atoms with E-state index in [9.17, 15) is 4.79 Å². The number of hydrogen-bond acceptors (Lipinski definition) is 3. The highest BCUT2D eigenvalue weighted by atomic mass is 16.5. The Labute approximate surface area is 99.7 Å². The molecule has 0 amide bonds. The van der Waals surface area contributed by atoms with Crippen molar-refractivity contribution in [2.45, 2.75) is 65.9 Å². The second-order valence-electron chi connectivity index (χ2n) is 5.15. The zero-order valence-electron chi connectivity index (χ0n) is 11.2. The molecule has 1 unspecified atom stereocenters. The van der Waals surface area contributed by atoms with E-state index in [1.54, 1.807) is 0 Å².